The Kier molecular flexibility index (Phi) is 4.91. The highest BCUT2D eigenvalue weighted by Gasteiger charge is 2.22. The minimum atomic E-state index is -0.391. The van der Waals surface area contributed by atoms with Crippen molar-refractivity contribution in [3.8, 4) is 34.4 Å². The summed E-state index contributed by atoms with van der Waals surface area (Å²) in [6.45, 7) is 0.519. The van der Waals surface area contributed by atoms with Crippen molar-refractivity contribution in [3.63, 3.8) is 0 Å². The molecule has 0 N–H and O–H groups in total. The smallest absolute Gasteiger partial charge is 0.351 e. The van der Waals surface area contributed by atoms with Gasteiger partial charge in [0.15, 0.2) is 11.5 Å². The maximum atomic E-state index is 12.6. The molecule has 4 rings (SSSR count). The van der Waals surface area contributed by atoms with Crippen LogP contribution in [0.5, 0.6) is 23.1 Å². The van der Waals surface area contributed by atoms with Gasteiger partial charge < -0.3 is 14.2 Å². The van der Waals surface area contributed by atoms with Gasteiger partial charge in [-0.05, 0) is 42.3 Å². The summed E-state index contributed by atoms with van der Waals surface area (Å²) < 4.78 is 18.2. The number of rotatable bonds is 4. The second-order valence-electron chi connectivity index (χ2n) is 6.20. The van der Waals surface area contributed by atoms with Crippen LogP contribution in [0.15, 0.2) is 41.2 Å². The number of aromatic nitrogens is 2. The molecule has 28 heavy (non-hydrogen) atoms. The number of ether oxygens (including phenoxy) is 3. The number of halogens is 2. The molecule has 0 unspecified atom stereocenters. The molecule has 0 radical (unpaired) electrons. The van der Waals surface area contributed by atoms with Gasteiger partial charge in [-0.2, -0.15) is 4.98 Å². The van der Waals surface area contributed by atoms with Gasteiger partial charge in [-0.15, -0.1) is 0 Å². The summed E-state index contributed by atoms with van der Waals surface area (Å²) in [5.74, 6) is 1.76. The lowest BCUT2D eigenvalue weighted by atomic mass is 9.97. The lowest BCUT2D eigenvalue weighted by Gasteiger charge is -2.23. The first kappa shape index (κ1) is 18.7. The molecule has 0 amide bonds. The van der Waals surface area contributed by atoms with Crippen LogP contribution in [0.1, 0.15) is 5.56 Å². The van der Waals surface area contributed by atoms with E-state index in [9.17, 15) is 4.79 Å². The first-order chi connectivity index (χ1) is 13.5. The Balaban J connectivity index is 1.82. The zero-order valence-corrected chi connectivity index (χ0v) is 16.7. The van der Waals surface area contributed by atoms with Crippen molar-refractivity contribution in [2.75, 3.05) is 14.2 Å². The average molecular weight is 419 g/mol. The van der Waals surface area contributed by atoms with Crippen LogP contribution >= 0.6 is 23.2 Å². The molecular formula is C20H16Cl2N2O4. The first-order valence-electron chi connectivity index (χ1n) is 8.50. The zero-order chi connectivity index (χ0) is 19.8. The molecule has 1 aliphatic heterocycles. The molecule has 3 aromatic rings. The van der Waals surface area contributed by atoms with Crippen molar-refractivity contribution < 1.29 is 14.2 Å². The predicted octanol–water partition coefficient (Wildman–Crippen LogP) is 4.58. The zero-order valence-electron chi connectivity index (χ0n) is 15.2. The van der Waals surface area contributed by atoms with E-state index in [1.807, 2.05) is 12.1 Å². The molecular weight excluding hydrogens is 403 g/mol. The van der Waals surface area contributed by atoms with Gasteiger partial charge in [-0.1, -0.05) is 23.2 Å². The largest absolute Gasteiger partial charge is 0.493 e. The molecule has 0 aliphatic carbocycles. The van der Waals surface area contributed by atoms with E-state index in [2.05, 4.69) is 4.98 Å². The van der Waals surface area contributed by atoms with Crippen LogP contribution in [0.4, 0.5) is 0 Å². The Bertz CT molecular complexity index is 1130. The molecule has 0 atom stereocenters. The van der Waals surface area contributed by atoms with Crippen molar-refractivity contribution in [1.82, 2.24) is 9.55 Å². The Morgan fingerprint density at radius 3 is 2.46 bits per heavy atom. The molecule has 1 aromatic heterocycles. The third-order valence-corrected chi connectivity index (χ3v) is 5.12. The van der Waals surface area contributed by atoms with Gasteiger partial charge in [0.05, 0.1) is 24.9 Å². The average Bonchev–Trinajstić information content (AvgIpc) is 2.69. The van der Waals surface area contributed by atoms with Crippen molar-refractivity contribution in [2.24, 2.45) is 0 Å². The van der Waals surface area contributed by atoms with Crippen molar-refractivity contribution in [3.05, 3.63) is 62.5 Å². The first-order valence-corrected chi connectivity index (χ1v) is 9.26. The highest BCUT2D eigenvalue weighted by atomic mass is 35.5. The summed E-state index contributed by atoms with van der Waals surface area (Å²) in [6.07, 6.45) is 0.688. The van der Waals surface area contributed by atoms with E-state index in [0.29, 0.717) is 46.0 Å². The van der Waals surface area contributed by atoms with Gasteiger partial charge in [0, 0.05) is 23.2 Å². The standard InChI is InChI=1S/C20H16Cl2N2O4/c1-26-17-7-11-5-6-24-15(13(11)9-18(17)27-2)10-19(23-20(24)25)28-16-4-3-12(21)8-14(16)22/h3-4,7-10H,5-6H2,1-2H3. The lowest BCUT2D eigenvalue weighted by molar-refractivity contribution is 0.354. The van der Waals surface area contributed by atoms with E-state index in [1.165, 1.54) is 0 Å². The molecule has 8 heteroatoms. The molecule has 0 bridgehead atoms. The number of nitrogens with zero attached hydrogens (tertiary/aromatic N) is 2. The van der Waals surface area contributed by atoms with Gasteiger partial charge >= 0.3 is 5.69 Å². The van der Waals surface area contributed by atoms with Crippen LogP contribution in [0.3, 0.4) is 0 Å². The van der Waals surface area contributed by atoms with E-state index >= 15 is 0 Å². The van der Waals surface area contributed by atoms with Crippen LogP contribution in [0.25, 0.3) is 11.3 Å². The van der Waals surface area contributed by atoms with Gasteiger partial charge in [0.1, 0.15) is 5.75 Å². The summed E-state index contributed by atoms with van der Waals surface area (Å²) in [7, 11) is 3.17. The highest BCUT2D eigenvalue weighted by molar-refractivity contribution is 6.35. The van der Waals surface area contributed by atoms with Crippen molar-refractivity contribution in [2.45, 2.75) is 13.0 Å². The molecule has 2 aromatic carbocycles. The number of methoxy groups -OCH3 is 2. The maximum Gasteiger partial charge on any atom is 0.351 e. The van der Waals surface area contributed by atoms with Crippen LogP contribution in [-0.2, 0) is 13.0 Å². The van der Waals surface area contributed by atoms with Crippen LogP contribution < -0.4 is 19.9 Å². The molecule has 0 saturated carbocycles. The molecule has 2 heterocycles. The topological polar surface area (TPSA) is 62.6 Å². The number of hydrogen-bond acceptors (Lipinski definition) is 5. The van der Waals surface area contributed by atoms with Gasteiger partial charge in [-0.3, -0.25) is 4.57 Å². The Hall–Kier alpha value is -2.70. The van der Waals surface area contributed by atoms with Gasteiger partial charge in [0.25, 0.3) is 0 Å². The third-order valence-electron chi connectivity index (χ3n) is 4.59. The van der Waals surface area contributed by atoms with E-state index in [-0.39, 0.29) is 5.88 Å². The van der Waals surface area contributed by atoms with Gasteiger partial charge in [0.2, 0.25) is 5.88 Å². The molecule has 0 fully saturated rings. The number of fused-ring (bicyclic) bond motifs is 3. The van der Waals surface area contributed by atoms with E-state index in [4.69, 9.17) is 37.4 Å². The monoisotopic (exact) mass is 418 g/mol. The summed E-state index contributed by atoms with van der Waals surface area (Å²) in [5, 5.41) is 0.824. The second-order valence-corrected chi connectivity index (χ2v) is 7.05. The Morgan fingerprint density at radius 2 is 1.75 bits per heavy atom. The summed E-state index contributed by atoms with van der Waals surface area (Å²) in [5.41, 5.74) is 2.23. The van der Waals surface area contributed by atoms with Crippen molar-refractivity contribution in [1.29, 1.82) is 0 Å². The summed E-state index contributed by atoms with van der Waals surface area (Å²) in [6, 6.07) is 10.4. The third kappa shape index (κ3) is 3.30. The lowest BCUT2D eigenvalue weighted by Crippen LogP contribution is -2.28. The fourth-order valence-electron chi connectivity index (χ4n) is 3.25. The number of hydrogen-bond donors (Lipinski definition) is 0. The highest BCUT2D eigenvalue weighted by Crippen LogP contribution is 2.39. The predicted molar refractivity (Wildman–Crippen MR) is 107 cm³/mol. The molecule has 144 valence electrons. The van der Waals surface area contributed by atoms with Crippen LogP contribution in [-0.4, -0.2) is 23.8 Å². The summed E-state index contributed by atoms with van der Waals surface area (Å²) >= 11 is 12.1. The minimum absolute atomic E-state index is 0.156. The number of benzene rings is 2. The molecule has 1 aliphatic rings. The fourth-order valence-corrected chi connectivity index (χ4v) is 3.69. The maximum absolute atomic E-state index is 12.6. The Labute approximate surface area is 171 Å². The van der Waals surface area contributed by atoms with Crippen LogP contribution in [0, 0.1) is 0 Å². The number of aryl methyl sites for hydroxylation is 1. The SMILES string of the molecule is COc1cc2c(cc1OC)-c1cc(Oc3ccc(Cl)cc3Cl)nc(=O)n1CC2. The normalized spacial score (nSPS) is 12.1. The molecule has 0 spiro atoms. The minimum Gasteiger partial charge on any atom is -0.493 e. The van der Waals surface area contributed by atoms with Crippen molar-refractivity contribution >= 4 is 23.2 Å². The fraction of sp³-hybridized carbons (Fsp3) is 0.200. The van der Waals surface area contributed by atoms with E-state index in [0.717, 1.165) is 11.1 Å². The van der Waals surface area contributed by atoms with Crippen LogP contribution in [0.2, 0.25) is 10.0 Å². The summed E-state index contributed by atoms with van der Waals surface area (Å²) in [4.78, 5) is 16.6. The second kappa shape index (κ2) is 7.37. The molecule has 6 nitrogen and oxygen atoms in total. The quantitative estimate of drug-likeness (QED) is 0.620. The van der Waals surface area contributed by atoms with E-state index in [1.54, 1.807) is 43.1 Å². The Morgan fingerprint density at radius 1 is 1.00 bits per heavy atom. The van der Waals surface area contributed by atoms with E-state index < -0.39 is 5.69 Å². The molecule has 0 saturated heterocycles. The van der Waals surface area contributed by atoms with Gasteiger partial charge in [-0.25, -0.2) is 4.79 Å².